The molecule has 7 rings (SSSR count). The van der Waals surface area contributed by atoms with Crippen LogP contribution in [-0.4, -0.2) is 9.97 Å². The van der Waals surface area contributed by atoms with Crippen molar-refractivity contribution in [2.75, 3.05) is 0 Å². The second-order valence-corrected chi connectivity index (χ2v) is 14.0. The van der Waals surface area contributed by atoms with E-state index < -0.39 is 18.6 Å². The Hall–Kier alpha value is -3.63. The zero-order chi connectivity index (χ0) is 36.3. The minimum Gasteiger partial charge on any atom is -0.500 e. The summed E-state index contributed by atoms with van der Waals surface area (Å²) in [6.45, 7) is 13.2. The first-order valence-corrected chi connectivity index (χ1v) is 15.9. The van der Waals surface area contributed by atoms with Crippen LogP contribution in [0.5, 0.6) is 0 Å². The molecule has 3 aromatic carbocycles. The fourth-order valence-electron chi connectivity index (χ4n) is 5.37. The molecule has 0 unspecified atom stereocenters. The zero-order valence-electron chi connectivity index (χ0n) is 32.4. The van der Waals surface area contributed by atoms with Gasteiger partial charge in [0, 0.05) is 59.7 Å². The van der Waals surface area contributed by atoms with Crippen molar-refractivity contribution in [1.29, 1.82) is 0 Å². The van der Waals surface area contributed by atoms with Crippen molar-refractivity contribution < 1.29 is 31.4 Å². The Morgan fingerprint density at radius 1 is 0.848 bits per heavy atom. The van der Waals surface area contributed by atoms with Crippen molar-refractivity contribution in [3.8, 4) is 22.5 Å². The van der Waals surface area contributed by atoms with Gasteiger partial charge in [-0.3, -0.25) is 0 Å². The van der Waals surface area contributed by atoms with Crippen LogP contribution in [-0.2, 0) is 26.5 Å². The van der Waals surface area contributed by atoms with Crippen LogP contribution in [0.3, 0.4) is 0 Å². The largest absolute Gasteiger partial charge is 0.500 e. The number of benzene rings is 3. The van der Waals surface area contributed by atoms with E-state index in [-0.39, 0.29) is 31.2 Å². The number of hydrogen-bond acceptors (Lipinski definition) is 4. The molecule has 0 aliphatic carbocycles. The van der Waals surface area contributed by atoms with Gasteiger partial charge in [-0.15, -0.1) is 64.9 Å². The van der Waals surface area contributed by atoms with Crippen molar-refractivity contribution in [2.45, 2.75) is 68.6 Å². The molecule has 0 amide bonds. The second kappa shape index (κ2) is 13.2. The molecule has 46 heavy (non-hydrogen) atoms. The summed E-state index contributed by atoms with van der Waals surface area (Å²) in [5.41, 5.74) is 8.61. The first kappa shape index (κ1) is 27.5. The molecule has 237 valence electrons. The van der Waals surface area contributed by atoms with E-state index in [1.807, 2.05) is 18.3 Å². The molecule has 0 aliphatic rings. The minimum atomic E-state index is -2.49. The third-order valence-corrected chi connectivity index (χ3v) is 9.19. The van der Waals surface area contributed by atoms with E-state index >= 15 is 0 Å². The molecule has 0 bridgehead atoms. The number of rotatable bonds is 3. The molecule has 0 fully saturated rings. The Morgan fingerprint density at radius 3 is 2.28 bits per heavy atom. The van der Waals surface area contributed by atoms with Crippen LogP contribution < -0.4 is 0 Å². The van der Waals surface area contributed by atoms with E-state index in [9.17, 15) is 0 Å². The molecule has 0 spiro atoms. The van der Waals surface area contributed by atoms with Crippen LogP contribution in [0.1, 0.15) is 65.9 Å². The minimum absolute atomic E-state index is 0. The number of furan rings is 1. The van der Waals surface area contributed by atoms with Gasteiger partial charge < -0.3 is 14.4 Å². The van der Waals surface area contributed by atoms with Gasteiger partial charge in [0.15, 0.2) is 0 Å². The number of fused-ring (bicyclic) bond motifs is 5. The topological polar surface area (TPSA) is 38.9 Å². The SMILES string of the molecule is Cc1c[c-]c(-c2cc(C)c(C)cn2)cc1.[2H]C([2H])([2H])c1cnc(-c2[c-]ccc3c2oc2c3ccc3sc(C)c(C)c32)cc1C([2H])([2H])C(C)(C)C.[Ir]. The molecule has 7 aromatic rings. The zero-order valence-corrected chi connectivity index (χ0v) is 30.6. The van der Waals surface area contributed by atoms with Crippen LogP contribution in [0.4, 0.5) is 0 Å². The second-order valence-electron chi connectivity index (χ2n) is 12.7. The van der Waals surface area contributed by atoms with Crippen molar-refractivity contribution in [3.63, 3.8) is 0 Å². The van der Waals surface area contributed by atoms with E-state index in [0.29, 0.717) is 16.8 Å². The van der Waals surface area contributed by atoms with Gasteiger partial charge >= 0.3 is 0 Å². The van der Waals surface area contributed by atoms with Gasteiger partial charge in [0.2, 0.25) is 0 Å². The Balaban J connectivity index is 0.000000264. The Morgan fingerprint density at radius 2 is 1.59 bits per heavy atom. The molecule has 0 N–H and O–H groups in total. The standard InChI is InChI=1S/C27H26NOS.C14H14N.Ir/c1-15-14-28-22(12-18(15)13-27(4,5)6)21-9-7-8-19-20-10-11-23-24(16(2)17(3)30-23)26(20)29-25(19)21;1-10-4-6-13(7-5-10)14-8-11(2)12(3)9-15-14;/h7-8,10-12,14H,13H2,1-6H3;4-6,8-9H,1-3H3;/q2*-1;/i1D3,13D2;;. The molecule has 0 atom stereocenters. The number of aromatic nitrogens is 2. The van der Waals surface area contributed by atoms with E-state index in [1.165, 1.54) is 33.3 Å². The number of nitrogens with zero attached hydrogens (tertiary/aromatic N) is 2. The molecule has 0 saturated carbocycles. The summed E-state index contributed by atoms with van der Waals surface area (Å²) in [4.78, 5) is 10.1. The van der Waals surface area contributed by atoms with E-state index in [0.717, 1.165) is 37.7 Å². The molecular formula is C41H40IrN2OS-2. The van der Waals surface area contributed by atoms with Gasteiger partial charge in [0.25, 0.3) is 0 Å². The number of pyridine rings is 2. The van der Waals surface area contributed by atoms with E-state index in [4.69, 9.17) is 11.3 Å². The van der Waals surface area contributed by atoms with Gasteiger partial charge in [-0.2, -0.15) is 0 Å². The third-order valence-electron chi connectivity index (χ3n) is 8.02. The molecule has 1 radical (unpaired) electrons. The third kappa shape index (κ3) is 6.74. The van der Waals surface area contributed by atoms with Crippen LogP contribution in [0, 0.1) is 59.0 Å². The van der Waals surface area contributed by atoms with Crippen LogP contribution >= 0.6 is 11.3 Å². The van der Waals surface area contributed by atoms with E-state index in [2.05, 4.69) is 87.1 Å². The van der Waals surface area contributed by atoms with Crippen LogP contribution in [0.2, 0.25) is 0 Å². The summed E-state index contributed by atoms with van der Waals surface area (Å²) < 4.78 is 49.2. The summed E-state index contributed by atoms with van der Waals surface area (Å²) in [7, 11) is 0. The van der Waals surface area contributed by atoms with Gasteiger partial charge in [0.1, 0.15) is 5.58 Å². The van der Waals surface area contributed by atoms with Gasteiger partial charge in [-0.1, -0.05) is 68.0 Å². The molecule has 4 heterocycles. The Kier molecular flexibility index (Phi) is 7.91. The number of aryl methyl sites for hydroxylation is 6. The average molecular weight is 806 g/mol. The average Bonchev–Trinajstić information content (AvgIpc) is 3.58. The van der Waals surface area contributed by atoms with Crippen molar-refractivity contribution in [3.05, 3.63) is 117 Å². The maximum absolute atomic E-state index is 8.82. The fourth-order valence-corrected chi connectivity index (χ4v) is 6.44. The van der Waals surface area contributed by atoms with Gasteiger partial charge in [0.05, 0.1) is 5.58 Å². The summed E-state index contributed by atoms with van der Waals surface area (Å²) in [6.07, 6.45) is 1.28. The van der Waals surface area contributed by atoms with Gasteiger partial charge in [-0.05, 0) is 80.5 Å². The molecule has 3 nitrogen and oxygen atoms in total. The predicted octanol–water partition coefficient (Wildman–Crippen LogP) is 11.6. The van der Waals surface area contributed by atoms with Crippen molar-refractivity contribution in [2.24, 2.45) is 5.41 Å². The normalized spacial score (nSPS) is 13.7. The maximum atomic E-state index is 8.82. The smallest absolute Gasteiger partial charge is 0.129 e. The van der Waals surface area contributed by atoms with Crippen LogP contribution in [0.25, 0.3) is 54.5 Å². The number of thiophene rings is 1. The monoisotopic (exact) mass is 806 g/mol. The molecule has 5 heteroatoms. The quantitative estimate of drug-likeness (QED) is 0.167. The fraction of sp³-hybridized carbons (Fsp3) is 0.268. The summed E-state index contributed by atoms with van der Waals surface area (Å²) in [5.74, 6) is 0. The molecule has 0 aliphatic heterocycles. The Bertz CT molecular complexity index is 2390. The van der Waals surface area contributed by atoms with Crippen molar-refractivity contribution >= 4 is 43.4 Å². The molecule has 0 saturated heterocycles. The summed E-state index contributed by atoms with van der Waals surface area (Å²) in [5, 5.41) is 3.01. The van der Waals surface area contributed by atoms with Gasteiger partial charge in [-0.25, -0.2) is 0 Å². The first-order chi connectivity index (χ1) is 23.4. The summed E-state index contributed by atoms with van der Waals surface area (Å²) >= 11 is 1.74. The first-order valence-electron chi connectivity index (χ1n) is 17.6. The maximum Gasteiger partial charge on any atom is 0.129 e. The molecular weight excluding hydrogens is 761 g/mol. The number of hydrogen-bond donors (Lipinski definition) is 0. The van der Waals surface area contributed by atoms with Crippen molar-refractivity contribution in [1.82, 2.24) is 9.97 Å². The Labute approximate surface area is 297 Å². The molecule has 4 aromatic heterocycles. The van der Waals surface area contributed by atoms with Crippen LogP contribution in [0.15, 0.2) is 71.4 Å². The van der Waals surface area contributed by atoms with E-state index in [1.54, 1.807) is 44.2 Å². The predicted molar refractivity (Wildman–Crippen MR) is 191 cm³/mol. The summed E-state index contributed by atoms with van der Waals surface area (Å²) in [6, 6.07) is 24.2.